The topological polar surface area (TPSA) is 114 Å². The van der Waals surface area contributed by atoms with Crippen LogP contribution in [0.1, 0.15) is 25.8 Å². The van der Waals surface area contributed by atoms with Gasteiger partial charge in [-0.15, -0.1) is 0 Å². The van der Waals surface area contributed by atoms with E-state index in [1.807, 2.05) is 6.07 Å². The Hall–Kier alpha value is -2.79. The first-order valence-electron chi connectivity index (χ1n) is 8.02. The number of fused-ring (bicyclic) bond motifs is 2. The van der Waals surface area contributed by atoms with Gasteiger partial charge in [-0.3, -0.25) is 4.79 Å². The van der Waals surface area contributed by atoms with E-state index in [-0.39, 0.29) is 29.4 Å². The number of amides is 1. The zero-order chi connectivity index (χ0) is 19.1. The number of esters is 1. The number of ether oxygens (including phenoxy) is 2. The van der Waals surface area contributed by atoms with Crippen LogP contribution in [-0.4, -0.2) is 18.5 Å². The van der Waals surface area contributed by atoms with Gasteiger partial charge in [-0.2, -0.15) is 5.26 Å². The Morgan fingerprint density at radius 2 is 2.19 bits per heavy atom. The molecule has 0 saturated heterocycles. The number of benzene rings is 1. The van der Waals surface area contributed by atoms with Crippen molar-refractivity contribution in [3.63, 3.8) is 0 Å². The molecule has 0 bridgehead atoms. The molecule has 0 aliphatic carbocycles. The molecule has 2 heterocycles. The van der Waals surface area contributed by atoms with Gasteiger partial charge in [-0.05, 0) is 25.1 Å². The lowest BCUT2D eigenvalue weighted by atomic mass is 9.68. The molecule has 26 heavy (non-hydrogen) atoms. The molecule has 0 aromatic heterocycles. The zero-order valence-corrected chi connectivity index (χ0v) is 15.8. The van der Waals surface area contributed by atoms with Crippen LogP contribution in [0.15, 0.2) is 45.5 Å². The molecule has 1 aromatic rings. The van der Waals surface area contributed by atoms with E-state index in [1.165, 1.54) is 0 Å². The minimum absolute atomic E-state index is 0.0121. The van der Waals surface area contributed by atoms with Crippen molar-refractivity contribution < 1.29 is 19.1 Å². The SMILES string of the molecule is CCOC(=O)C1=C(CC)OC(N)=C(C#N)[C@@]12C(=O)Nc1ccc(Br)cc12. The monoisotopic (exact) mass is 417 g/mol. The molecule has 3 rings (SSSR count). The molecule has 0 fully saturated rings. The van der Waals surface area contributed by atoms with Crippen molar-refractivity contribution in [3.8, 4) is 6.07 Å². The van der Waals surface area contributed by atoms with E-state index >= 15 is 0 Å². The Morgan fingerprint density at radius 3 is 2.81 bits per heavy atom. The van der Waals surface area contributed by atoms with E-state index in [1.54, 1.807) is 32.0 Å². The molecule has 1 spiro atoms. The summed E-state index contributed by atoms with van der Waals surface area (Å²) >= 11 is 3.38. The van der Waals surface area contributed by atoms with E-state index < -0.39 is 17.3 Å². The van der Waals surface area contributed by atoms with Crippen LogP contribution in [0.25, 0.3) is 0 Å². The molecule has 7 nitrogen and oxygen atoms in total. The van der Waals surface area contributed by atoms with Gasteiger partial charge < -0.3 is 20.5 Å². The molecule has 2 aliphatic rings. The first-order valence-corrected chi connectivity index (χ1v) is 8.81. The highest BCUT2D eigenvalue weighted by molar-refractivity contribution is 9.10. The summed E-state index contributed by atoms with van der Waals surface area (Å²) in [5.74, 6) is -1.24. The van der Waals surface area contributed by atoms with Crippen LogP contribution >= 0.6 is 15.9 Å². The number of carbonyl (C=O) groups excluding carboxylic acids is 2. The summed E-state index contributed by atoms with van der Waals surface area (Å²) < 4.78 is 11.4. The number of nitrogens with two attached hydrogens (primary N) is 1. The lowest BCUT2D eigenvalue weighted by Gasteiger charge is -2.34. The van der Waals surface area contributed by atoms with Gasteiger partial charge in [-0.25, -0.2) is 4.79 Å². The fourth-order valence-electron chi connectivity index (χ4n) is 3.38. The third-order valence-electron chi connectivity index (χ3n) is 4.40. The van der Waals surface area contributed by atoms with Gasteiger partial charge >= 0.3 is 5.97 Å². The van der Waals surface area contributed by atoms with E-state index in [2.05, 4.69) is 21.2 Å². The van der Waals surface area contributed by atoms with Crippen LogP contribution < -0.4 is 11.1 Å². The molecular formula is C18H16BrN3O4. The first-order chi connectivity index (χ1) is 12.4. The Balaban J connectivity index is 2.43. The van der Waals surface area contributed by atoms with Crippen molar-refractivity contribution in [1.82, 2.24) is 0 Å². The summed E-state index contributed by atoms with van der Waals surface area (Å²) in [7, 11) is 0. The van der Waals surface area contributed by atoms with Gasteiger partial charge in [0.2, 0.25) is 11.8 Å². The largest absolute Gasteiger partial charge is 0.462 e. The molecular weight excluding hydrogens is 402 g/mol. The fraction of sp³-hybridized carbons (Fsp3) is 0.278. The van der Waals surface area contributed by atoms with Gasteiger partial charge in [0.25, 0.3) is 0 Å². The Kier molecular flexibility index (Phi) is 4.50. The predicted octanol–water partition coefficient (Wildman–Crippen LogP) is 2.59. The second kappa shape index (κ2) is 6.50. The number of rotatable bonds is 3. The Labute approximate surface area is 158 Å². The van der Waals surface area contributed by atoms with Gasteiger partial charge in [0, 0.05) is 22.1 Å². The third kappa shape index (κ3) is 2.31. The highest BCUT2D eigenvalue weighted by atomic mass is 79.9. The van der Waals surface area contributed by atoms with E-state index in [9.17, 15) is 14.9 Å². The summed E-state index contributed by atoms with van der Waals surface area (Å²) in [5.41, 5.74) is 5.07. The number of anilines is 1. The quantitative estimate of drug-likeness (QED) is 0.730. The molecule has 0 unspecified atom stereocenters. The van der Waals surface area contributed by atoms with Gasteiger partial charge in [0.1, 0.15) is 23.0 Å². The van der Waals surface area contributed by atoms with Crippen molar-refractivity contribution in [3.05, 3.63) is 51.0 Å². The molecule has 0 radical (unpaired) electrons. The van der Waals surface area contributed by atoms with Crippen LogP contribution in [-0.2, 0) is 24.5 Å². The van der Waals surface area contributed by atoms with Crippen molar-refractivity contribution >= 4 is 33.5 Å². The second-order valence-corrected chi connectivity index (χ2v) is 6.64. The molecule has 2 aliphatic heterocycles. The maximum Gasteiger partial charge on any atom is 0.339 e. The number of halogens is 1. The first kappa shape index (κ1) is 18.0. The van der Waals surface area contributed by atoms with Gasteiger partial charge in [0.15, 0.2) is 5.41 Å². The van der Waals surface area contributed by atoms with Gasteiger partial charge in [-0.1, -0.05) is 22.9 Å². The Bertz CT molecular complexity index is 929. The van der Waals surface area contributed by atoms with E-state index in [4.69, 9.17) is 15.2 Å². The summed E-state index contributed by atoms with van der Waals surface area (Å²) in [5, 5.41) is 12.5. The average molecular weight is 418 g/mol. The molecule has 1 atom stereocenters. The number of hydrogen-bond donors (Lipinski definition) is 2. The maximum atomic E-state index is 13.2. The number of nitriles is 1. The minimum atomic E-state index is -1.70. The number of carbonyl (C=O) groups is 2. The second-order valence-electron chi connectivity index (χ2n) is 5.72. The van der Waals surface area contributed by atoms with Crippen LogP contribution in [0.5, 0.6) is 0 Å². The average Bonchev–Trinajstić information content (AvgIpc) is 2.87. The predicted molar refractivity (Wildman–Crippen MR) is 96.3 cm³/mol. The molecule has 0 saturated carbocycles. The third-order valence-corrected chi connectivity index (χ3v) is 4.89. The Morgan fingerprint density at radius 1 is 1.46 bits per heavy atom. The fourth-order valence-corrected chi connectivity index (χ4v) is 3.74. The van der Waals surface area contributed by atoms with E-state index in [0.29, 0.717) is 22.1 Å². The normalized spacial score (nSPS) is 21.2. The smallest absolute Gasteiger partial charge is 0.339 e. The van der Waals surface area contributed by atoms with Crippen molar-refractivity contribution in [1.29, 1.82) is 5.26 Å². The standard InChI is InChI=1S/C18H16BrN3O4/c1-3-13-14(16(23)25-4-2)18(11(8-20)15(21)26-13)10-7-9(19)5-6-12(10)22-17(18)24/h5-7H,3-4,21H2,1-2H3,(H,22,24)/t18-/m1/s1. The molecule has 1 aromatic carbocycles. The summed E-state index contributed by atoms with van der Waals surface area (Å²) in [6.07, 6.45) is 0.298. The number of allylic oxidation sites excluding steroid dienone is 1. The zero-order valence-electron chi connectivity index (χ0n) is 14.2. The molecule has 1 amide bonds. The molecule has 3 N–H and O–H groups in total. The molecule has 8 heteroatoms. The van der Waals surface area contributed by atoms with Crippen molar-refractivity contribution in [2.24, 2.45) is 5.73 Å². The van der Waals surface area contributed by atoms with Crippen LogP contribution in [0, 0.1) is 11.3 Å². The van der Waals surface area contributed by atoms with Crippen LogP contribution in [0.4, 0.5) is 5.69 Å². The van der Waals surface area contributed by atoms with Crippen molar-refractivity contribution in [2.75, 3.05) is 11.9 Å². The lowest BCUT2D eigenvalue weighted by molar-refractivity contribution is -0.140. The van der Waals surface area contributed by atoms with Gasteiger partial charge in [0.05, 0.1) is 6.61 Å². The van der Waals surface area contributed by atoms with Crippen LogP contribution in [0.3, 0.4) is 0 Å². The highest BCUT2D eigenvalue weighted by Gasteiger charge is 2.60. The maximum absolute atomic E-state index is 13.2. The number of nitrogens with one attached hydrogen (secondary N) is 1. The van der Waals surface area contributed by atoms with E-state index in [0.717, 1.165) is 0 Å². The number of nitrogens with zero attached hydrogens (tertiary/aromatic N) is 1. The highest BCUT2D eigenvalue weighted by Crippen LogP contribution is 2.52. The number of hydrogen-bond acceptors (Lipinski definition) is 6. The molecule has 134 valence electrons. The lowest BCUT2D eigenvalue weighted by Crippen LogP contribution is -2.46. The summed E-state index contributed by atoms with van der Waals surface area (Å²) in [6, 6.07) is 7.10. The minimum Gasteiger partial charge on any atom is -0.462 e. The summed E-state index contributed by atoms with van der Waals surface area (Å²) in [4.78, 5) is 26.0. The summed E-state index contributed by atoms with van der Waals surface area (Å²) in [6.45, 7) is 3.54. The van der Waals surface area contributed by atoms with Crippen LogP contribution in [0.2, 0.25) is 0 Å². The van der Waals surface area contributed by atoms with Crippen molar-refractivity contribution in [2.45, 2.75) is 25.7 Å².